The minimum atomic E-state index is 0.539. The Morgan fingerprint density at radius 1 is 1.38 bits per heavy atom. The van der Waals surface area contributed by atoms with Gasteiger partial charge in [0, 0.05) is 38.4 Å². The molecule has 4 nitrogen and oxygen atoms in total. The lowest BCUT2D eigenvalue weighted by molar-refractivity contribution is -0.614. The molecule has 0 aliphatic rings. The van der Waals surface area contributed by atoms with Gasteiger partial charge in [-0.2, -0.15) is 4.73 Å². The SMILES string of the molecule is CN=C/C=C\O/C=C/c1cccc(C)[n+]1[O-]. The van der Waals surface area contributed by atoms with Crippen LogP contribution in [0.2, 0.25) is 0 Å². The van der Waals surface area contributed by atoms with Crippen molar-refractivity contribution in [3.8, 4) is 0 Å². The summed E-state index contributed by atoms with van der Waals surface area (Å²) in [6, 6.07) is 5.29. The zero-order chi connectivity index (χ0) is 11.8. The number of rotatable bonds is 4. The maximum atomic E-state index is 11.5. The van der Waals surface area contributed by atoms with Crippen LogP contribution in [0.1, 0.15) is 11.4 Å². The van der Waals surface area contributed by atoms with Gasteiger partial charge >= 0.3 is 0 Å². The van der Waals surface area contributed by atoms with Crippen LogP contribution in [0.15, 0.2) is 41.8 Å². The highest BCUT2D eigenvalue weighted by Crippen LogP contribution is 1.98. The van der Waals surface area contributed by atoms with Gasteiger partial charge in [-0.25, -0.2) is 0 Å². The van der Waals surface area contributed by atoms with Crippen LogP contribution >= 0.6 is 0 Å². The van der Waals surface area contributed by atoms with Crippen molar-refractivity contribution in [2.45, 2.75) is 6.92 Å². The Balaban J connectivity index is 2.60. The molecular weight excluding hydrogens is 204 g/mol. The van der Waals surface area contributed by atoms with Gasteiger partial charge in [0.15, 0.2) is 5.69 Å². The molecular formula is C12H14N2O2. The van der Waals surface area contributed by atoms with Crippen molar-refractivity contribution in [2.75, 3.05) is 7.05 Å². The molecule has 1 rings (SSSR count). The van der Waals surface area contributed by atoms with E-state index in [0.29, 0.717) is 11.4 Å². The summed E-state index contributed by atoms with van der Waals surface area (Å²) < 4.78 is 5.87. The number of pyridine rings is 1. The zero-order valence-electron chi connectivity index (χ0n) is 9.33. The molecule has 0 radical (unpaired) electrons. The van der Waals surface area contributed by atoms with Gasteiger partial charge in [-0.15, -0.1) is 0 Å². The Hall–Kier alpha value is -2.10. The van der Waals surface area contributed by atoms with Gasteiger partial charge in [0.05, 0.1) is 12.5 Å². The maximum Gasteiger partial charge on any atom is 0.219 e. The van der Waals surface area contributed by atoms with Crippen LogP contribution in [0.5, 0.6) is 0 Å². The predicted molar refractivity (Wildman–Crippen MR) is 63.8 cm³/mol. The molecule has 16 heavy (non-hydrogen) atoms. The van der Waals surface area contributed by atoms with E-state index in [1.807, 2.05) is 6.07 Å². The molecule has 0 spiro atoms. The number of allylic oxidation sites excluding steroid dienone is 1. The molecule has 84 valence electrons. The van der Waals surface area contributed by atoms with Gasteiger partial charge in [0.2, 0.25) is 5.69 Å². The summed E-state index contributed by atoms with van der Waals surface area (Å²) in [7, 11) is 1.67. The van der Waals surface area contributed by atoms with Crippen LogP contribution in [0.4, 0.5) is 0 Å². The van der Waals surface area contributed by atoms with E-state index in [-0.39, 0.29) is 0 Å². The molecule has 1 aromatic heterocycles. The van der Waals surface area contributed by atoms with E-state index in [0.717, 1.165) is 4.73 Å². The highest BCUT2D eigenvalue weighted by atomic mass is 16.5. The highest BCUT2D eigenvalue weighted by Gasteiger charge is 2.02. The number of hydrogen-bond acceptors (Lipinski definition) is 3. The monoisotopic (exact) mass is 218 g/mol. The summed E-state index contributed by atoms with van der Waals surface area (Å²) in [6.07, 6.45) is 7.80. The number of hydrogen-bond donors (Lipinski definition) is 0. The van der Waals surface area contributed by atoms with Crippen molar-refractivity contribution in [1.29, 1.82) is 0 Å². The third kappa shape index (κ3) is 3.57. The van der Waals surface area contributed by atoms with E-state index >= 15 is 0 Å². The third-order valence-electron chi connectivity index (χ3n) is 1.87. The minimum absolute atomic E-state index is 0.539. The lowest BCUT2D eigenvalue weighted by Crippen LogP contribution is -2.33. The number of nitrogens with zero attached hydrogens (tertiary/aromatic N) is 2. The van der Waals surface area contributed by atoms with E-state index in [9.17, 15) is 5.21 Å². The molecule has 1 aromatic rings. The molecule has 0 bridgehead atoms. The summed E-state index contributed by atoms with van der Waals surface area (Å²) in [5.74, 6) is 0. The summed E-state index contributed by atoms with van der Waals surface area (Å²) in [6.45, 7) is 1.75. The van der Waals surface area contributed by atoms with Gasteiger partial charge in [-0.3, -0.25) is 4.99 Å². The molecule has 0 unspecified atom stereocenters. The van der Waals surface area contributed by atoms with Crippen LogP contribution < -0.4 is 4.73 Å². The molecule has 0 saturated heterocycles. The Morgan fingerprint density at radius 3 is 2.94 bits per heavy atom. The van der Waals surface area contributed by atoms with Crippen LogP contribution in [-0.2, 0) is 4.74 Å². The second-order valence-electron chi connectivity index (χ2n) is 3.06. The molecule has 0 amide bonds. The Kier molecular flexibility index (Phi) is 4.79. The Labute approximate surface area is 94.8 Å². The molecule has 0 atom stereocenters. The molecule has 0 aliphatic carbocycles. The first-order valence-electron chi connectivity index (χ1n) is 4.84. The molecule has 0 N–H and O–H groups in total. The second-order valence-corrected chi connectivity index (χ2v) is 3.06. The van der Waals surface area contributed by atoms with Crippen LogP contribution in [-0.4, -0.2) is 13.3 Å². The van der Waals surface area contributed by atoms with Crippen LogP contribution in [0.3, 0.4) is 0 Å². The first-order chi connectivity index (χ1) is 7.75. The predicted octanol–water partition coefficient (Wildman–Crippen LogP) is 1.83. The van der Waals surface area contributed by atoms with E-state index in [1.54, 1.807) is 44.5 Å². The topological polar surface area (TPSA) is 48.5 Å². The molecule has 0 aliphatic heterocycles. The fourth-order valence-electron chi connectivity index (χ4n) is 1.07. The molecule has 0 saturated carbocycles. The number of aromatic nitrogens is 1. The standard InChI is InChI=1S/C12H14N2O2/c1-11-5-3-6-12(14(11)15)7-10-16-9-4-8-13-2/h3-10H,1-2H3/b9-4-,10-7+,13-8?. The van der Waals surface area contributed by atoms with Gasteiger partial charge < -0.3 is 9.94 Å². The first-order valence-corrected chi connectivity index (χ1v) is 4.84. The van der Waals surface area contributed by atoms with Crippen LogP contribution in [0, 0.1) is 12.1 Å². The van der Waals surface area contributed by atoms with Crippen molar-refractivity contribution in [2.24, 2.45) is 4.99 Å². The van der Waals surface area contributed by atoms with Gasteiger partial charge in [-0.05, 0) is 12.1 Å². The van der Waals surface area contributed by atoms with E-state index in [4.69, 9.17) is 4.74 Å². The lowest BCUT2D eigenvalue weighted by Gasteiger charge is -2.02. The third-order valence-corrected chi connectivity index (χ3v) is 1.87. The van der Waals surface area contributed by atoms with Crippen molar-refractivity contribution >= 4 is 12.3 Å². The van der Waals surface area contributed by atoms with Crippen molar-refractivity contribution in [3.05, 3.63) is 53.4 Å². The van der Waals surface area contributed by atoms with Crippen LogP contribution in [0.25, 0.3) is 6.08 Å². The number of aliphatic imine (C=N–C) groups is 1. The summed E-state index contributed by atoms with van der Waals surface area (Å²) in [5.41, 5.74) is 1.19. The first kappa shape index (κ1) is 12.0. The fourth-order valence-corrected chi connectivity index (χ4v) is 1.07. The summed E-state index contributed by atoms with van der Waals surface area (Å²) in [5, 5.41) is 11.5. The quantitative estimate of drug-likeness (QED) is 0.335. The second kappa shape index (κ2) is 6.40. The zero-order valence-corrected chi connectivity index (χ0v) is 9.33. The summed E-state index contributed by atoms with van der Waals surface area (Å²) >= 11 is 0. The average Bonchev–Trinajstić information content (AvgIpc) is 2.29. The van der Waals surface area contributed by atoms with E-state index < -0.39 is 0 Å². The summed E-state index contributed by atoms with van der Waals surface area (Å²) in [4.78, 5) is 3.75. The molecule has 1 heterocycles. The Bertz CT molecular complexity index is 423. The van der Waals surface area contributed by atoms with Gasteiger partial charge in [0.1, 0.15) is 0 Å². The maximum absolute atomic E-state index is 11.5. The number of ether oxygens (including phenoxy) is 1. The fraction of sp³-hybridized carbons (Fsp3) is 0.167. The van der Waals surface area contributed by atoms with Crippen molar-refractivity contribution in [3.63, 3.8) is 0 Å². The smallest absolute Gasteiger partial charge is 0.219 e. The minimum Gasteiger partial charge on any atom is -0.618 e. The van der Waals surface area contributed by atoms with Gasteiger partial charge in [0.25, 0.3) is 0 Å². The van der Waals surface area contributed by atoms with E-state index in [1.165, 1.54) is 12.5 Å². The normalized spacial score (nSPS) is 11.9. The molecule has 0 aromatic carbocycles. The average molecular weight is 218 g/mol. The number of aryl methyl sites for hydroxylation is 1. The molecule has 4 heteroatoms. The van der Waals surface area contributed by atoms with Crippen molar-refractivity contribution in [1.82, 2.24) is 0 Å². The Morgan fingerprint density at radius 2 is 2.19 bits per heavy atom. The van der Waals surface area contributed by atoms with E-state index in [2.05, 4.69) is 4.99 Å². The molecule has 0 fully saturated rings. The highest BCUT2D eigenvalue weighted by molar-refractivity contribution is 5.70. The lowest BCUT2D eigenvalue weighted by atomic mass is 10.3. The van der Waals surface area contributed by atoms with Gasteiger partial charge in [-0.1, -0.05) is 0 Å². The largest absolute Gasteiger partial charge is 0.618 e. The van der Waals surface area contributed by atoms with Crippen molar-refractivity contribution < 1.29 is 9.47 Å².